The van der Waals surface area contributed by atoms with Crippen molar-refractivity contribution in [2.45, 2.75) is 33.7 Å². The fourth-order valence-corrected chi connectivity index (χ4v) is 3.14. The van der Waals surface area contributed by atoms with Crippen molar-refractivity contribution in [1.82, 2.24) is 9.88 Å². The second kappa shape index (κ2) is 8.86. The van der Waals surface area contributed by atoms with Crippen LogP contribution in [0, 0.1) is 18.8 Å². The molecule has 0 spiro atoms. The largest absolute Gasteiger partial charge is 0.336 e. The van der Waals surface area contributed by atoms with E-state index >= 15 is 0 Å². The molecular formula is C22H26N4O3. The molecule has 2 heterocycles. The lowest BCUT2D eigenvalue weighted by Gasteiger charge is -2.17. The van der Waals surface area contributed by atoms with Crippen molar-refractivity contribution in [2.24, 2.45) is 11.8 Å². The molecule has 1 aromatic heterocycles. The van der Waals surface area contributed by atoms with Crippen LogP contribution in [0.5, 0.6) is 0 Å². The molecule has 2 aromatic rings. The molecule has 1 aliphatic heterocycles. The van der Waals surface area contributed by atoms with Gasteiger partial charge in [0.25, 0.3) is 0 Å². The minimum atomic E-state index is -0.417. The Kier molecular flexibility index (Phi) is 6.26. The number of hydrogen-bond acceptors (Lipinski definition) is 4. The standard InChI is InChI=1S/C22H26N4O3/c1-14(2)21(28)24-17-8-7-15(3)19(11-17)25-22(29)16-10-20(27)26(12-16)13-18-6-4-5-9-23-18/h4-9,11,14,16H,10,12-13H2,1-3H3,(H,24,28)(H,25,29). The van der Waals surface area contributed by atoms with Crippen LogP contribution in [0.25, 0.3) is 0 Å². The number of pyridine rings is 1. The molecule has 0 bridgehead atoms. The van der Waals surface area contributed by atoms with Crippen molar-refractivity contribution in [3.8, 4) is 0 Å². The number of nitrogens with zero attached hydrogens (tertiary/aromatic N) is 2. The molecule has 1 saturated heterocycles. The van der Waals surface area contributed by atoms with E-state index in [0.717, 1.165) is 11.3 Å². The van der Waals surface area contributed by atoms with E-state index in [-0.39, 0.29) is 30.1 Å². The number of benzene rings is 1. The Morgan fingerprint density at radius 2 is 2.00 bits per heavy atom. The first-order valence-electron chi connectivity index (χ1n) is 9.73. The van der Waals surface area contributed by atoms with Crippen LogP contribution in [0.15, 0.2) is 42.6 Å². The lowest BCUT2D eigenvalue weighted by Crippen LogP contribution is -2.28. The summed E-state index contributed by atoms with van der Waals surface area (Å²) in [4.78, 5) is 42.9. The summed E-state index contributed by atoms with van der Waals surface area (Å²) in [5.41, 5.74) is 2.94. The van der Waals surface area contributed by atoms with Crippen LogP contribution in [0.4, 0.5) is 11.4 Å². The van der Waals surface area contributed by atoms with Gasteiger partial charge in [-0.3, -0.25) is 19.4 Å². The lowest BCUT2D eigenvalue weighted by molar-refractivity contribution is -0.128. The first-order valence-corrected chi connectivity index (χ1v) is 9.73. The molecule has 3 rings (SSSR count). The van der Waals surface area contributed by atoms with Gasteiger partial charge in [0.1, 0.15) is 0 Å². The molecule has 3 amide bonds. The number of aromatic nitrogens is 1. The first-order chi connectivity index (χ1) is 13.8. The summed E-state index contributed by atoms with van der Waals surface area (Å²) in [6.07, 6.45) is 1.87. The zero-order chi connectivity index (χ0) is 21.0. The predicted molar refractivity (Wildman–Crippen MR) is 111 cm³/mol. The van der Waals surface area contributed by atoms with E-state index in [1.165, 1.54) is 0 Å². The third kappa shape index (κ3) is 5.19. The van der Waals surface area contributed by atoms with E-state index in [9.17, 15) is 14.4 Å². The summed E-state index contributed by atoms with van der Waals surface area (Å²) in [6, 6.07) is 11.0. The molecule has 7 nitrogen and oxygen atoms in total. The molecular weight excluding hydrogens is 368 g/mol. The van der Waals surface area contributed by atoms with E-state index in [0.29, 0.717) is 24.5 Å². The third-order valence-electron chi connectivity index (χ3n) is 4.95. The van der Waals surface area contributed by atoms with E-state index in [4.69, 9.17) is 0 Å². The van der Waals surface area contributed by atoms with Crippen molar-refractivity contribution >= 4 is 29.1 Å². The van der Waals surface area contributed by atoms with Gasteiger partial charge in [0.2, 0.25) is 17.7 Å². The molecule has 7 heteroatoms. The smallest absolute Gasteiger partial charge is 0.229 e. The number of carbonyl (C=O) groups excluding carboxylic acids is 3. The maximum atomic E-state index is 12.8. The summed E-state index contributed by atoms with van der Waals surface area (Å²) < 4.78 is 0. The topological polar surface area (TPSA) is 91.4 Å². The maximum absolute atomic E-state index is 12.8. The second-order valence-electron chi connectivity index (χ2n) is 7.66. The van der Waals surface area contributed by atoms with Gasteiger partial charge >= 0.3 is 0 Å². The number of rotatable bonds is 6. The SMILES string of the molecule is Cc1ccc(NC(=O)C(C)C)cc1NC(=O)C1CC(=O)N(Cc2ccccn2)C1. The molecule has 1 aliphatic rings. The molecule has 1 aromatic carbocycles. The second-order valence-corrected chi connectivity index (χ2v) is 7.66. The van der Waals surface area contributed by atoms with Crippen LogP contribution < -0.4 is 10.6 Å². The van der Waals surface area contributed by atoms with Crippen molar-refractivity contribution < 1.29 is 14.4 Å². The summed E-state index contributed by atoms with van der Waals surface area (Å²) in [7, 11) is 0. The van der Waals surface area contributed by atoms with Crippen LogP contribution in [0.1, 0.15) is 31.5 Å². The van der Waals surface area contributed by atoms with Crippen molar-refractivity contribution in [2.75, 3.05) is 17.2 Å². The van der Waals surface area contributed by atoms with Gasteiger partial charge in [0, 0.05) is 36.5 Å². The highest BCUT2D eigenvalue weighted by Gasteiger charge is 2.34. The van der Waals surface area contributed by atoms with Crippen molar-refractivity contribution in [3.63, 3.8) is 0 Å². The summed E-state index contributed by atoms with van der Waals surface area (Å²) in [5, 5.41) is 5.75. The average molecular weight is 394 g/mol. The summed E-state index contributed by atoms with van der Waals surface area (Å²) >= 11 is 0. The van der Waals surface area contributed by atoms with Gasteiger partial charge in [-0.25, -0.2) is 0 Å². The Hall–Kier alpha value is -3.22. The quantitative estimate of drug-likeness (QED) is 0.788. The maximum Gasteiger partial charge on any atom is 0.229 e. The third-order valence-corrected chi connectivity index (χ3v) is 4.95. The fourth-order valence-electron chi connectivity index (χ4n) is 3.14. The minimum absolute atomic E-state index is 0.0505. The van der Waals surface area contributed by atoms with E-state index in [1.807, 2.05) is 45.0 Å². The Morgan fingerprint density at radius 3 is 2.69 bits per heavy atom. The number of carbonyl (C=O) groups is 3. The highest BCUT2D eigenvalue weighted by molar-refractivity contribution is 5.99. The monoisotopic (exact) mass is 394 g/mol. The van der Waals surface area contributed by atoms with Crippen LogP contribution in [0.3, 0.4) is 0 Å². The normalized spacial score (nSPS) is 16.2. The summed E-state index contributed by atoms with van der Waals surface area (Å²) in [5.74, 6) is -0.885. The Balaban J connectivity index is 1.64. The van der Waals surface area contributed by atoms with E-state index in [1.54, 1.807) is 23.2 Å². The Morgan fingerprint density at radius 1 is 1.21 bits per heavy atom. The number of amides is 3. The number of nitrogens with one attached hydrogen (secondary N) is 2. The molecule has 0 aliphatic carbocycles. The van der Waals surface area contributed by atoms with Crippen LogP contribution in [-0.2, 0) is 20.9 Å². The average Bonchev–Trinajstić information content (AvgIpc) is 3.05. The number of likely N-dealkylation sites (tertiary alicyclic amines) is 1. The van der Waals surface area contributed by atoms with Gasteiger partial charge in [0.05, 0.1) is 18.2 Å². The highest BCUT2D eigenvalue weighted by atomic mass is 16.2. The molecule has 152 valence electrons. The number of aryl methyl sites for hydroxylation is 1. The molecule has 2 N–H and O–H groups in total. The molecule has 1 atom stereocenters. The van der Waals surface area contributed by atoms with Crippen molar-refractivity contribution in [3.05, 3.63) is 53.9 Å². The predicted octanol–water partition coefficient (Wildman–Crippen LogP) is 2.97. The van der Waals surface area contributed by atoms with Crippen molar-refractivity contribution in [1.29, 1.82) is 0 Å². The summed E-state index contributed by atoms with van der Waals surface area (Å²) in [6.45, 7) is 6.29. The minimum Gasteiger partial charge on any atom is -0.336 e. The van der Waals surface area contributed by atoms with Crippen LogP contribution in [0.2, 0.25) is 0 Å². The Bertz CT molecular complexity index is 912. The van der Waals surface area contributed by atoms with Gasteiger partial charge in [-0.15, -0.1) is 0 Å². The molecule has 29 heavy (non-hydrogen) atoms. The zero-order valence-corrected chi connectivity index (χ0v) is 16.9. The van der Waals surface area contributed by atoms with Gasteiger partial charge in [-0.2, -0.15) is 0 Å². The van der Waals surface area contributed by atoms with Crippen LogP contribution in [-0.4, -0.2) is 34.2 Å². The van der Waals surface area contributed by atoms with E-state index < -0.39 is 5.92 Å². The van der Waals surface area contributed by atoms with Gasteiger partial charge in [-0.1, -0.05) is 26.0 Å². The number of anilines is 2. The molecule has 0 saturated carbocycles. The molecule has 1 fully saturated rings. The molecule has 1 unspecified atom stereocenters. The van der Waals surface area contributed by atoms with E-state index in [2.05, 4.69) is 15.6 Å². The highest BCUT2D eigenvalue weighted by Crippen LogP contribution is 2.25. The van der Waals surface area contributed by atoms with Gasteiger partial charge in [0.15, 0.2) is 0 Å². The number of hydrogen-bond donors (Lipinski definition) is 2. The molecule has 0 radical (unpaired) electrons. The fraction of sp³-hybridized carbons (Fsp3) is 0.364. The van der Waals surface area contributed by atoms with Gasteiger partial charge in [-0.05, 0) is 36.8 Å². The van der Waals surface area contributed by atoms with Gasteiger partial charge < -0.3 is 15.5 Å². The Labute approximate surface area is 170 Å². The lowest BCUT2D eigenvalue weighted by atomic mass is 10.1. The zero-order valence-electron chi connectivity index (χ0n) is 16.9. The first kappa shape index (κ1) is 20.5. The van der Waals surface area contributed by atoms with Crippen LogP contribution >= 0.6 is 0 Å².